The van der Waals surface area contributed by atoms with Gasteiger partial charge in [-0.15, -0.1) is 0 Å². The molecule has 9 nitrogen and oxygen atoms in total. The number of hydrogen-bond acceptors (Lipinski definition) is 9. The predicted octanol–water partition coefficient (Wildman–Crippen LogP) is 2.64. The number of ether oxygens (including phenoxy) is 4. The van der Waals surface area contributed by atoms with Gasteiger partial charge in [-0.05, 0) is 18.9 Å². The summed E-state index contributed by atoms with van der Waals surface area (Å²) in [6.07, 6.45) is -1.06. The molecular formula is C22H28O9. The third kappa shape index (κ3) is 13.6. The summed E-state index contributed by atoms with van der Waals surface area (Å²) in [6, 6.07) is 9.11. The molecule has 0 spiro atoms. The zero-order chi connectivity index (χ0) is 23.1. The minimum Gasteiger partial charge on any atom is -0.466 e. The Morgan fingerprint density at radius 1 is 0.774 bits per heavy atom. The fourth-order valence-corrected chi connectivity index (χ4v) is 2.33. The van der Waals surface area contributed by atoms with Gasteiger partial charge in [-0.1, -0.05) is 30.3 Å². The number of esters is 4. The molecule has 0 aliphatic heterocycles. The van der Waals surface area contributed by atoms with Gasteiger partial charge in [0.05, 0.1) is 25.9 Å². The van der Waals surface area contributed by atoms with E-state index in [-0.39, 0.29) is 57.5 Å². The first kappa shape index (κ1) is 25.8. The lowest BCUT2D eigenvalue weighted by Gasteiger charge is -2.17. The first-order valence-electron chi connectivity index (χ1n) is 9.97. The average Bonchev–Trinajstić information content (AvgIpc) is 2.72. The quantitative estimate of drug-likeness (QED) is 0.187. The van der Waals surface area contributed by atoms with Crippen LogP contribution in [0.3, 0.4) is 0 Å². The Morgan fingerprint density at radius 3 is 2.03 bits per heavy atom. The van der Waals surface area contributed by atoms with Crippen molar-refractivity contribution in [2.75, 3.05) is 6.61 Å². The fourth-order valence-electron chi connectivity index (χ4n) is 2.33. The minimum atomic E-state index is -1.15. The zero-order valence-electron chi connectivity index (χ0n) is 17.8. The molecule has 0 N–H and O–H groups in total. The van der Waals surface area contributed by atoms with Gasteiger partial charge in [-0.2, -0.15) is 0 Å². The molecule has 170 valence electrons. The molecule has 0 aliphatic rings. The molecule has 0 radical (unpaired) electrons. The number of ketones is 1. The van der Waals surface area contributed by atoms with E-state index in [4.69, 9.17) is 18.9 Å². The number of rotatable bonds is 14. The molecule has 0 aromatic heterocycles. The molecule has 0 saturated carbocycles. The van der Waals surface area contributed by atoms with Crippen molar-refractivity contribution in [2.45, 2.75) is 65.3 Å². The highest BCUT2D eigenvalue weighted by Crippen LogP contribution is 2.09. The Bertz CT molecular complexity index is 743. The normalized spacial score (nSPS) is 11.2. The molecular weight excluding hydrogens is 408 g/mol. The summed E-state index contributed by atoms with van der Waals surface area (Å²) in [5.74, 6) is -2.53. The zero-order valence-corrected chi connectivity index (χ0v) is 17.8. The SMILES string of the molecule is CC(=O)CCC(=O)OCCCC(OC(C)=O)OC(=O)CCC(=O)OCc1ccccc1. The summed E-state index contributed by atoms with van der Waals surface area (Å²) in [4.78, 5) is 57.2. The van der Waals surface area contributed by atoms with Gasteiger partial charge in [0.1, 0.15) is 12.4 Å². The first-order chi connectivity index (χ1) is 14.8. The van der Waals surface area contributed by atoms with E-state index in [1.807, 2.05) is 30.3 Å². The lowest BCUT2D eigenvalue weighted by molar-refractivity contribution is -0.189. The van der Waals surface area contributed by atoms with Gasteiger partial charge in [0.15, 0.2) is 0 Å². The average molecular weight is 436 g/mol. The second-order valence-electron chi connectivity index (χ2n) is 6.74. The van der Waals surface area contributed by atoms with Crippen LogP contribution in [0.25, 0.3) is 0 Å². The second-order valence-corrected chi connectivity index (χ2v) is 6.74. The second kappa shape index (κ2) is 14.7. The van der Waals surface area contributed by atoms with Crippen LogP contribution < -0.4 is 0 Å². The van der Waals surface area contributed by atoms with Crippen molar-refractivity contribution in [3.05, 3.63) is 35.9 Å². The molecule has 0 aliphatic carbocycles. The van der Waals surface area contributed by atoms with Gasteiger partial charge < -0.3 is 23.7 Å². The van der Waals surface area contributed by atoms with E-state index in [1.54, 1.807) is 0 Å². The van der Waals surface area contributed by atoms with Crippen LogP contribution in [0, 0.1) is 0 Å². The Kier molecular flexibility index (Phi) is 12.2. The van der Waals surface area contributed by atoms with Crippen molar-refractivity contribution in [3.8, 4) is 0 Å². The van der Waals surface area contributed by atoms with Crippen molar-refractivity contribution >= 4 is 29.7 Å². The number of Topliss-reactive ketones (excluding diaryl/α,β-unsaturated/α-hetero) is 1. The molecule has 1 aromatic carbocycles. The third-order valence-electron chi connectivity index (χ3n) is 3.86. The fraction of sp³-hybridized carbons (Fsp3) is 0.500. The van der Waals surface area contributed by atoms with Crippen molar-refractivity contribution in [2.24, 2.45) is 0 Å². The van der Waals surface area contributed by atoms with E-state index >= 15 is 0 Å². The molecule has 1 unspecified atom stereocenters. The Hall–Kier alpha value is -3.23. The van der Waals surface area contributed by atoms with Crippen LogP contribution in [0.4, 0.5) is 0 Å². The number of hydrogen-bond donors (Lipinski definition) is 0. The van der Waals surface area contributed by atoms with Gasteiger partial charge in [-0.25, -0.2) is 0 Å². The summed E-state index contributed by atoms with van der Waals surface area (Å²) in [7, 11) is 0. The van der Waals surface area contributed by atoms with Crippen molar-refractivity contribution in [1.82, 2.24) is 0 Å². The molecule has 9 heteroatoms. The Balaban J connectivity index is 2.30. The van der Waals surface area contributed by atoms with E-state index in [0.717, 1.165) is 5.56 Å². The van der Waals surface area contributed by atoms with Crippen LogP contribution in [0.15, 0.2) is 30.3 Å². The molecule has 0 amide bonds. The van der Waals surface area contributed by atoms with Crippen LogP contribution in [-0.2, 0) is 49.5 Å². The van der Waals surface area contributed by atoms with Crippen LogP contribution in [0.1, 0.15) is 57.9 Å². The largest absolute Gasteiger partial charge is 0.466 e. The van der Waals surface area contributed by atoms with Crippen LogP contribution in [0.5, 0.6) is 0 Å². The van der Waals surface area contributed by atoms with Gasteiger partial charge in [0.2, 0.25) is 6.29 Å². The molecule has 1 aromatic rings. The van der Waals surface area contributed by atoms with Gasteiger partial charge >= 0.3 is 23.9 Å². The Morgan fingerprint density at radius 2 is 1.39 bits per heavy atom. The maximum atomic E-state index is 12.0. The van der Waals surface area contributed by atoms with E-state index in [2.05, 4.69) is 0 Å². The topological polar surface area (TPSA) is 122 Å². The molecule has 1 rings (SSSR count). The summed E-state index contributed by atoms with van der Waals surface area (Å²) in [6.45, 7) is 2.69. The van der Waals surface area contributed by atoms with Crippen molar-refractivity contribution < 1.29 is 42.9 Å². The van der Waals surface area contributed by atoms with Gasteiger partial charge in [0.25, 0.3) is 0 Å². The lowest BCUT2D eigenvalue weighted by Crippen LogP contribution is -2.24. The summed E-state index contributed by atoms with van der Waals surface area (Å²) >= 11 is 0. The minimum absolute atomic E-state index is 0.00192. The molecule has 0 saturated heterocycles. The van der Waals surface area contributed by atoms with E-state index in [1.165, 1.54) is 13.8 Å². The summed E-state index contributed by atoms with van der Waals surface area (Å²) in [5.41, 5.74) is 0.829. The first-order valence-corrected chi connectivity index (χ1v) is 9.97. The Labute approximate surface area is 181 Å². The van der Waals surface area contributed by atoms with E-state index in [9.17, 15) is 24.0 Å². The maximum Gasteiger partial charge on any atom is 0.309 e. The predicted molar refractivity (Wildman–Crippen MR) is 107 cm³/mol. The smallest absolute Gasteiger partial charge is 0.309 e. The third-order valence-corrected chi connectivity index (χ3v) is 3.86. The molecule has 0 bridgehead atoms. The monoisotopic (exact) mass is 436 g/mol. The maximum absolute atomic E-state index is 12.0. The number of carbonyl (C=O) groups is 5. The van der Waals surface area contributed by atoms with Crippen LogP contribution >= 0.6 is 0 Å². The van der Waals surface area contributed by atoms with Crippen molar-refractivity contribution in [1.29, 1.82) is 0 Å². The van der Waals surface area contributed by atoms with Crippen LogP contribution in [-0.4, -0.2) is 42.6 Å². The van der Waals surface area contributed by atoms with Gasteiger partial charge in [-0.3, -0.25) is 19.2 Å². The van der Waals surface area contributed by atoms with E-state index in [0.29, 0.717) is 0 Å². The number of benzene rings is 1. The molecule has 0 heterocycles. The van der Waals surface area contributed by atoms with Crippen molar-refractivity contribution in [3.63, 3.8) is 0 Å². The summed E-state index contributed by atoms with van der Waals surface area (Å²) < 4.78 is 20.1. The van der Waals surface area contributed by atoms with Gasteiger partial charge in [0, 0.05) is 19.8 Å². The molecule has 1 atom stereocenters. The highest BCUT2D eigenvalue weighted by atomic mass is 16.7. The van der Waals surface area contributed by atoms with Crippen LogP contribution in [0.2, 0.25) is 0 Å². The number of carbonyl (C=O) groups excluding carboxylic acids is 5. The highest BCUT2D eigenvalue weighted by molar-refractivity contribution is 5.81. The summed E-state index contributed by atoms with van der Waals surface area (Å²) in [5, 5.41) is 0. The highest BCUT2D eigenvalue weighted by Gasteiger charge is 2.19. The molecule has 0 fully saturated rings. The lowest BCUT2D eigenvalue weighted by atomic mass is 10.2. The molecule has 31 heavy (non-hydrogen) atoms. The standard InChI is InChI=1S/C22H28O9/c1-16(23)10-11-19(25)28-14-6-9-22(30-17(2)24)31-21(27)13-12-20(26)29-15-18-7-4-3-5-8-18/h3-5,7-8,22H,6,9-15H2,1-2H3. The van der Waals surface area contributed by atoms with E-state index < -0.39 is 30.2 Å².